The highest BCUT2D eigenvalue weighted by Gasteiger charge is 2.47. The second-order valence-electron chi connectivity index (χ2n) is 7.12. The fraction of sp³-hybridized carbons (Fsp3) is 0.400. The summed E-state index contributed by atoms with van der Waals surface area (Å²) in [5.41, 5.74) is 4.03. The lowest BCUT2D eigenvalue weighted by atomic mass is 9.79. The molecule has 2 heteroatoms. The van der Waals surface area contributed by atoms with Crippen molar-refractivity contribution in [3.8, 4) is 5.75 Å². The van der Waals surface area contributed by atoms with E-state index in [1.54, 1.807) is 0 Å². The lowest BCUT2D eigenvalue weighted by Gasteiger charge is -2.42. The largest absolute Gasteiger partial charge is 0.480 e. The maximum Gasteiger partial charge on any atom is 0.156 e. The molecule has 1 atom stereocenters. The Balaban J connectivity index is 1.55. The molecule has 0 radical (unpaired) electrons. The number of hydrogen-bond donors (Lipinski definition) is 0. The van der Waals surface area contributed by atoms with E-state index in [1.807, 2.05) is 0 Å². The lowest BCUT2D eigenvalue weighted by molar-refractivity contribution is 0.0883. The monoisotopic (exact) mass is 291 g/mol. The van der Waals surface area contributed by atoms with Crippen LogP contribution in [0.15, 0.2) is 59.8 Å². The number of allylic oxidation sites excluding steroid dienone is 3. The fourth-order valence-electron chi connectivity index (χ4n) is 4.11. The van der Waals surface area contributed by atoms with Crippen molar-refractivity contribution in [3.05, 3.63) is 65.4 Å². The molecular formula is C20H21NO. The zero-order valence-electron chi connectivity index (χ0n) is 12.8. The van der Waals surface area contributed by atoms with Crippen molar-refractivity contribution in [1.82, 2.24) is 4.90 Å². The van der Waals surface area contributed by atoms with E-state index in [-0.39, 0.29) is 5.60 Å². The molecule has 22 heavy (non-hydrogen) atoms. The second-order valence-corrected chi connectivity index (χ2v) is 7.12. The number of nitrogens with zero attached hydrogens (tertiary/aromatic N) is 1. The van der Waals surface area contributed by atoms with Gasteiger partial charge in [-0.3, -0.25) is 0 Å². The van der Waals surface area contributed by atoms with Crippen LogP contribution in [0.4, 0.5) is 0 Å². The highest BCUT2D eigenvalue weighted by molar-refractivity contribution is 5.53. The van der Waals surface area contributed by atoms with Crippen LogP contribution in [0.25, 0.3) is 0 Å². The first-order chi connectivity index (χ1) is 10.8. The number of benzene rings is 1. The average molecular weight is 291 g/mol. The van der Waals surface area contributed by atoms with Gasteiger partial charge >= 0.3 is 0 Å². The molecule has 0 amide bonds. The van der Waals surface area contributed by atoms with Crippen LogP contribution >= 0.6 is 0 Å². The summed E-state index contributed by atoms with van der Waals surface area (Å²) in [4.78, 5) is 2.52. The standard InChI is InChI=1S/C20H21NO/c1-3-7-18-17(6-1)13-21(12-15-9-10-15)14-20(18)11-16-5-2-4-8-19(16)22-20/h1-5,7-8,13,15H,6,9-12,14H2. The van der Waals surface area contributed by atoms with E-state index in [4.69, 9.17) is 4.74 Å². The Labute approximate surface area is 131 Å². The molecule has 0 bridgehead atoms. The molecular weight excluding hydrogens is 270 g/mol. The molecule has 4 aliphatic rings. The Hall–Kier alpha value is -1.96. The molecule has 0 saturated heterocycles. The minimum atomic E-state index is -0.173. The van der Waals surface area contributed by atoms with E-state index >= 15 is 0 Å². The average Bonchev–Trinajstić information content (AvgIpc) is 3.26. The topological polar surface area (TPSA) is 12.5 Å². The van der Waals surface area contributed by atoms with Gasteiger partial charge in [0.2, 0.25) is 0 Å². The van der Waals surface area contributed by atoms with Crippen LogP contribution in [0.5, 0.6) is 5.75 Å². The van der Waals surface area contributed by atoms with Crippen molar-refractivity contribution >= 4 is 0 Å². The highest BCUT2D eigenvalue weighted by Crippen LogP contribution is 2.46. The Bertz CT molecular complexity index is 683. The molecule has 2 aliphatic heterocycles. The van der Waals surface area contributed by atoms with Gasteiger partial charge in [0.15, 0.2) is 5.60 Å². The summed E-state index contributed by atoms with van der Waals surface area (Å²) in [5.74, 6) is 1.98. The summed E-state index contributed by atoms with van der Waals surface area (Å²) < 4.78 is 6.55. The van der Waals surface area contributed by atoms with Crippen molar-refractivity contribution in [2.45, 2.75) is 31.3 Å². The summed E-state index contributed by atoms with van der Waals surface area (Å²) in [7, 11) is 0. The number of ether oxygens (including phenoxy) is 1. The zero-order valence-corrected chi connectivity index (χ0v) is 12.8. The van der Waals surface area contributed by atoms with Crippen LogP contribution in [-0.2, 0) is 6.42 Å². The van der Waals surface area contributed by atoms with E-state index in [0.717, 1.165) is 31.1 Å². The molecule has 0 aromatic heterocycles. The first kappa shape index (κ1) is 12.6. The molecule has 1 saturated carbocycles. The Morgan fingerprint density at radius 1 is 1.23 bits per heavy atom. The van der Waals surface area contributed by atoms with Crippen LogP contribution in [0, 0.1) is 5.92 Å². The summed E-state index contributed by atoms with van der Waals surface area (Å²) in [6, 6.07) is 8.53. The third kappa shape index (κ3) is 1.93. The van der Waals surface area contributed by atoms with Crippen LogP contribution in [0.1, 0.15) is 24.8 Å². The summed E-state index contributed by atoms with van der Waals surface area (Å²) >= 11 is 0. The molecule has 0 N–H and O–H groups in total. The van der Waals surface area contributed by atoms with Crippen molar-refractivity contribution in [3.63, 3.8) is 0 Å². The molecule has 2 nitrogen and oxygen atoms in total. The van der Waals surface area contributed by atoms with Gasteiger partial charge < -0.3 is 9.64 Å². The summed E-state index contributed by atoms with van der Waals surface area (Å²) in [6.07, 6.45) is 14.0. The SMILES string of the molecule is C1=CCC2=CN(CC3CC3)CC3(Cc4ccccc4O3)C2=C1. The van der Waals surface area contributed by atoms with Crippen LogP contribution in [0.3, 0.4) is 0 Å². The predicted molar refractivity (Wildman–Crippen MR) is 87.7 cm³/mol. The van der Waals surface area contributed by atoms with Gasteiger partial charge in [0.05, 0.1) is 6.54 Å². The first-order valence-corrected chi connectivity index (χ1v) is 8.42. The van der Waals surface area contributed by atoms with Gasteiger partial charge in [-0.15, -0.1) is 0 Å². The minimum Gasteiger partial charge on any atom is -0.480 e. The van der Waals surface area contributed by atoms with Crippen LogP contribution in [0.2, 0.25) is 0 Å². The van der Waals surface area contributed by atoms with Gasteiger partial charge in [-0.25, -0.2) is 0 Å². The smallest absolute Gasteiger partial charge is 0.156 e. The number of rotatable bonds is 2. The van der Waals surface area contributed by atoms with E-state index in [0.29, 0.717) is 0 Å². The third-order valence-corrected chi connectivity index (χ3v) is 5.31. The molecule has 112 valence electrons. The number of hydrogen-bond acceptors (Lipinski definition) is 2. The van der Waals surface area contributed by atoms with Crippen LogP contribution in [-0.4, -0.2) is 23.6 Å². The van der Waals surface area contributed by atoms with Crippen molar-refractivity contribution < 1.29 is 4.74 Å². The van der Waals surface area contributed by atoms with Crippen molar-refractivity contribution in [2.24, 2.45) is 5.92 Å². The van der Waals surface area contributed by atoms with E-state index < -0.39 is 0 Å². The Morgan fingerprint density at radius 2 is 2.14 bits per heavy atom. The molecule has 2 aliphatic carbocycles. The summed E-state index contributed by atoms with van der Waals surface area (Å²) in [5, 5.41) is 0. The molecule has 1 aromatic carbocycles. The van der Waals surface area contributed by atoms with E-state index in [2.05, 4.69) is 53.6 Å². The molecule has 2 heterocycles. The van der Waals surface area contributed by atoms with Gasteiger partial charge in [0, 0.05) is 24.7 Å². The van der Waals surface area contributed by atoms with Crippen LogP contribution < -0.4 is 4.74 Å². The van der Waals surface area contributed by atoms with Gasteiger partial charge in [-0.05, 0) is 42.4 Å². The minimum absolute atomic E-state index is 0.173. The molecule has 1 fully saturated rings. The molecule has 1 spiro atoms. The number of fused-ring (bicyclic) bond motifs is 3. The quantitative estimate of drug-likeness (QED) is 0.820. The molecule has 5 rings (SSSR count). The van der Waals surface area contributed by atoms with Gasteiger partial charge in [-0.2, -0.15) is 0 Å². The first-order valence-electron chi connectivity index (χ1n) is 8.42. The van der Waals surface area contributed by atoms with Gasteiger partial charge in [-0.1, -0.05) is 36.4 Å². The van der Waals surface area contributed by atoms with E-state index in [1.165, 1.54) is 36.1 Å². The van der Waals surface area contributed by atoms with Crippen molar-refractivity contribution in [2.75, 3.05) is 13.1 Å². The lowest BCUT2D eigenvalue weighted by Crippen LogP contribution is -2.50. The Morgan fingerprint density at radius 3 is 3.00 bits per heavy atom. The molecule has 1 aromatic rings. The van der Waals surface area contributed by atoms with Gasteiger partial charge in [0.25, 0.3) is 0 Å². The predicted octanol–water partition coefficient (Wildman–Crippen LogP) is 3.86. The van der Waals surface area contributed by atoms with Gasteiger partial charge in [0.1, 0.15) is 5.75 Å². The number of para-hydroxylation sites is 1. The van der Waals surface area contributed by atoms with E-state index in [9.17, 15) is 0 Å². The molecule has 1 unspecified atom stereocenters. The summed E-state index contributed by atoms with van der Waals surface area (Å²) in [6.45, 7) is 2.18. The second kappa shape index (κ2) is 4.52. The maximum atomic E-state index is 6.55. The third-order valence-electron chi connectivity index (χ3n) is 5.31. The Kier molecular flexibility index (Phi) is 2.58. The van der Waals surface area contributed by atoms with Crippen molar-refractivity contribution in [1.29, 1.82) is 0 Å². The highest BCUT2D eigenvalue weighted by atomic mass is 16.5. The maximum absolute atomic E-state index is 6.55. The zero-order chi connectivity index (χ0) is 14.6. The fourth-order valence-corrected chi connectivity index (χ4v) is 4.11. The normalized spacial score (nSPS) is 28.8.